The van der Waals surface area contributed by atoms with Crippen molar-refractivity contribution in [1.29, 1.82) is 0 Å². The zero-order valence-corrected chi connectivity index (χ0v) is 15.6. The predicted octanol–water partition coefficient (Wildman–Crippen LogP) is 4.40. The molecule has 1 unspecified atom stereocenters. The first-order chi connectivity index (χ1) is 13.6. The summed E-state index contributed by atoms with van der Waals surface area (Å²) in [7, 11) is 0. The summed E-state index contributed by atoms with van der Waals surface area (Å²) in [4.78, 5) is 24.1. The number of benzene rings is 2. The van der Waals surface area contributed by atoms with Crippen LogP contribution in [-0.2, 0) is 14.3 Å². The van der Waals surface area contributed by atoms with Crippen LogP contribution in [0.15, 0.2) is 83.5 Å². The second-order valence-electron chi connectivity index (χ2n) is 5.92. The molecule has 2 aromatic carbocycles. The Morgan fingerprint density at radius 2 is 1.71 bits per heavy atom. The quantitative estimate of drug-likeness (QED) is 0.475. The van der Waals surface area contributed by atoms with Crippen molar-refractivity contribution in [2.45, 2.75) is 6.04 Å². The molecule has 1 aromatic heterocycles. The molecule has 1 heterocycles. The van der Waals surface area contributed by atoms with E-state index < -0.39 is 18.5 Å². The van der Waals surface area contributed by atoms with Crippen molar-refractivity contribution in [1.82, 2.24) is 5.32 Å². The minimum absolute atomic E-state index is 0.386. The van der Waals surface area contributed by atoms with E-state index in [4.69, 9.17) is 20.8 Å². The maximum absolute atomic E-state index is 12.3. The van der Waals surface area contributed by atoms with E-state index in [1.807, 2.05) is 42.5 Å². The van der Waals surface area contributed by atoms with E-state index in [2.05, 4.69) is 5.32 Å². The molecule has 142 valence electrons. The Labute approximate surface area is 167 Å². The first-order valence-corrected chi connectivity index (χ1v) is 8.98. The lowest BCUT2D eigenvalue weighted by atomic mass is 9.99. The Kier molecular flexibility index (Phi) is 6.65. The molecule has 0 aliphatic rings. The Morgan fingerprint density at radius 1 is 1.00 bits per heavy atom. The van der Waals surface area contributed by atoms with Gasteiger partial charge in [0.05, 0.1) is 12.3 Å². The highest BCUT2D eigenvalue weighted by atomic mass is 35.5. The van der Waals surface area contributed by atoms with Crippen molar-refractivity contribution in [3.63, 3.8) is 0 Å². The summed E-state index contributed by atoms with van der Waals surface area (Å²) in [6.07, 6.45) is 4.18. The molecule has 1 N–H and O–H groups in total. The largest absolute Gasteiger partial charge is 0.465 e. The zero-order valence-electron chi connectivity index (χ0n) is 14.9. The Balaban J connectivity index is 1.63. The third kappa shape index (κ3) is 5.59. The summed E-state index contributed by atoms with van der Waals surface area (Å²) in [5.74, 6) is -0.522. The van der Waals surface area contributed by atoms with Crippen LogP contribution in [0.1, 0.15) is 22.9 Å². The third-order valence-electron chi connectivity index (χ3n) is 3.91. The van der Waals surface area contributed by atoms with Crippen LogP contribution in [-0.4, -0.2) is 18.5 Å². The molecule has 1 atom stereocenters. The summed E-state index contributed by atoms with van der Waals surface area (Å²) < 4.78 is 10.1. The van der Waals surface area contributed by atoms with E-state index in [0.717, 1.165) is 11.1 Å². The van der Waals surface area contributed by atoms with Gasteiger partial charge in [0, 0.05) is 11.1 Å². The molecule has 0 aliphatic carbocycles. The van der Waals surface area contributed by atoms with Gasteiger partial charge in [-0.15, -0.1) is 0 Å². The van der Waals surface area contributed by atoms with Gasteiger partial charge < -0.3 is 14.5 Å². The molecule has 1 amide bonds. The van der Waals surface area contributed by atoms with Gasteiger partial charge in [0.15, 0.2) is 6.61 Å². The monoisotopic (exact) mass is 395 g/mol. The highest BCUT2D eigenvalue weighted by Crippen LogP contribution is 2.23. The molecule has 0 saturated carbocycles. The molecule has 28 heavy (non-hydrogen) atoms. The highest BCUT2D eigenvalue weighted by Gasteiger charge is 2.17. The number of ether oxygens (including phenoxy) is 1. The van der Waals surface area contributed by atoms with Gasteiger partial charge in [-0.25, -0.2) is 4.79 Å². The van der Waals surface area contributed by atoms with Gasteiger partial charge >= 0.3 is 5.97 Å². The molecule has 0 fully saturated rings. The van der Waals surface area contributed by atoms with Gasteiger partial charge in [0.1, 0.15) is 5.76 Å². The first-order valence-electron chi connectivity index (χ1n) is 8.60. The molecular formula is C22H18ClNO4. The van der Waals surface area contributed by atoms with E-state index in [9.17, 15) is 9.59 Å². The standard InChI is InChI=1S/C22H18ClNO4/c23-18-10-8-17(9-11-18)22(16-5-2-1-3-6-16)24-20(25)15-28-21(26)13-12-19-7-4-14-27-19/h1-14,22H,15H2,(H,24,25)/b13-12+. The summed E-state index contributed by atoms with van der Waals surface area (Å²) in [6, 6.07) is 19.8. The lowest BCUT2D eigenvalue weighted by molar-refractivity contribution is -0.143. The molecule has 3 rings (SSSR count). The van der Waals surface area contributed by atoms with E-state index in [1.54, 1.807) is 24.3 Å². The van der Waals surface area contributed by atoms with Crippen LogP contribution in [0.25, 0.3) is 6.08 Å². The van der Waals surface area contributed by atoms with Gasteiger partial charge in [-0.2, -0.15) is 0 Å². The van der Waals surface area contributed by atoms with Crippen molar-refractivity contribution in [2.75, 3.05) is 6.61 Å². The minimum atomic E-state index is -0.630. The maximum atomic E-state index is 12.3. The molecule has 3 aromatic rings. The molecule has 0 aliphatic heterocycles. The lowest BCUT2D eigenvalue weighted by Crippen LogP contribution is -2.32. The van der Waals surface area contributed by atoms with E-state index >= 15 is 0 Å². The van der Waals surface area contributed by atoms with Gasteiger partial charge in [-0.1, -0.05) is 54.1 Å². The van der Waals surface area contributed by atoms with Crippen LogP contribution in [0, 0.1) is 0 Å². The van der Waals surface area contributed by atoms with Gasteiger partial charge in [-0.3, -0.25) is 4.79 Å². The summed E-state index contributed by atoms with van der Waals surface area (Å²) in [6.45, 7) is -0.391. The summed E-state index contributed by atoms with van der Waals surface area (Å²) in [5, 5.41) is 3.50. The Morgan fingerprint density at radius 3 is 2.39 bits per heavy atom. The van der Waals surface area contributed by atoms with Crippen molar-refractivity contribution in [2.24, 2.45) is 0 Å². The van der Waals surface area contributed by atoms with Gasteiger partial charge in [0.25, 0.3) is 5.91 Å². The Hall–Kier alpha value is -3.31. The second kappa shape index (κ2) is 9.58. The summed E-state index contributed by atoms with van der Waals surface area (Å²) in [5.41, 5.74) is 1.77. The fraction of sp³-hybridized carbons (Fsp3) is 0.0909. The topological polar surface area (TPSA) is 68.5 Å². The van der Waals surface area contributed by atoms with Crippen LogP contribution < -0.4 is 5.32 Å². The van der Waals surface area contributed by atoms with Crippen LogP contribution >= 0.6 is 11.6 Å². The van der Waals surface area contributed by atoms with Crippen LogP contribution in [0.3, 0.4) is 0 Å². The van der Waals surface area contributed by atoms with Gasteiger partial charge in [0.2, 0.25) is 0 Å². The predicted molar refractivity (Wildman–Crippen MR) is 107 cm³/mol. The minimum Gasteiger partial charge on any atom is -0.465 e. The second-order valence-corrected chi connectivity index (χ2v) is 6.36. The number of furan rings is 1. The molecule has 0 bridgehead atoms. The average Bonchev–Trinajstić information content (AvgIpc) is 3.24. The van der Waals surface area contributed by atoms with Crippen molar-refractivity contribution >= 4 is 29.6 Å². The van der Waals surface area contributed by atoms with Crippen LogP contribution in [0.2, 0.25) is 5.02 Å². The molecule has 0 radical (unpaired) electrons. The molecular weight excluding hydrogens is 378 g/mol. The van der Waals surface area contributed by atoms with Crippen LogP contribution in [0.5, 0.6) is 0 Å². The summed E-state index contributed by atoms with van der Waals surface area (Å²) >= 11 is 5.96. The third-order valence-corrected chi connectivity index (χ3v) is 4.17. The van der Waals surface area contributed by atoms with E-state index in [0.29, 0.717) is 10.8 Å². The number of hydrogen-bond donors (Lipinski definition) is 1. The van der Waals surface area contributed by atoms with E-state index in [-0.39, 0.29) is 6.04 Å². The number of hydrogen-bond acceptors (Lipinski definition) is 4. The molecule has 5 nitrogen and oxygen atoms in total. The lowest BCUT2D eigenvalue weighted by Gasteiger charge is -2.20. The van der Waals surface area contributed by atoms with Gasteiger partial charge in [-0.05, 0) is 41.5 Å². The first kappa shape index (κ1) is 19.5. The zero-order chi connectivity index (χ0) is 19.8. The fourth-order valence-corrected chi connectivity index (χ4v) is 2.71. The number of nitrogens with one attached hydrogen (secondary N) is 1. The number of halogens is 1. The van der Waals surface area contributed by atoms with E-state index in [1.165, 1.54) is 18.4 Å². The molecule has 0 spiro atoms. The number of rotatable bonds is 7. The molecule has 6 heteroatoms. The van der Waals surface area contributed by atoms with Crippen LogP contribution in [0.4, 0.5) is 0 Å². The number of carbonyl (C=O) groups excluding carboxylic acids is 2. The fourth-order valence-electron chi connectivity index (χ4n) is 2.58. The average molecular weight is 396 g/mol. The number of amides is 1. The smallest absolute Gasteiger partial charge is 0.331 e. The van der Waals surface area contributed by atoms with Crippen molar-refractivity contribution < 1.29 is 18.7 Å². The van der Waals surface area contributed by atoms with Crippen molar-refractivity contribution in [3.05, 3.63) is 101 Å². The normalized spacial score (nSPS) is 11.9. The SMILES string of the molecule is O=C(COC(=O)/C=C/c1ccco1)NC(c1ccccc1)c1ccc(Cl)cc1. The number of esters is 1. The molecule has 0 saturated heterocycles. The Bertz CT molecular complexity index is 934. The highest BCUT2D eigenvalue weighted by molar-refractivity contribution is 6.30. The van der Waals surface area contributed by atoms with Crippen molar-refractivity contribution in [3.8, 4) is 0 Å². The maximum Gasteiger partial charge on any atom is 0.331 e. The number of carbonyl (C=O) groups is 2.